The van der Waals surface area contributed by atoms with Gasteiger partial charge in [0.25, 0.3) is 0 Å². The molecular formula is C15H20Br5O3P. The Kier molecular flexibility index (Phi) is 10.9. The molecule has 0 aliphatic heterocycles. The highest BCUT2D eigenvalue weighted by molar-refractivity contribution is 9.26. The summed E-state index contributed by atoms with van der Waals surface area (Å²) in [5, 5.41) is 0. The molecule has 0 saturated heterocycles. The molecule has 1 rings (SSSR count). The van der Waals surface area contributed by atoms with Crippen molar-refractivity contribution in [2.75, 3.05) is 13.2 Å². The Labute approximate surface area is 186 Å². The van der Waals surface area contributed by atoms with Gasteiger partial charge in [0.15, 0.2) is 0 Å². The van der Waals surface area contributed by atoms with Crippen molar-refractivity contribution in [2.24, 2.45) is 0 Å². The summed E-state index contributed by atoms with van der Waals surface area (Å²) < 4.78 is 26.4. The number of rotatable bonds is 10. The molecule has 0 bridgehead atoms. The van der Waals surface area contributed by atoms with Gasteiger partial charge in [-0.05, 0) is 66.7 Å². The lowest BCUT2D eigenvalue weighted by Gasteiger charge is -2.31. The molecule has 138 valence electrons. The monoisotopic (exact) mass is 674 g/mol. The van der Waals surface area contributed by atoms with Crippen molar-refractivity contribution in [3.8, 4) is 0 Å². The fourth-order valence-corrected chi connectivity index (χ4v) is 7.54. The van der Waals surface area contributed by atoms with Gasteiger partial charge in [-0.1, -0.05) is 64.6 Å². The number of hydrogen-bond donors (Lipinski definition) is 0. The third-order valence-corrected chi connectivity index (χ3v) is 12.0. The number of hydrogen-bond acceptors (Lipinski definition) is 3. The number of halogens is 5. The van der Waals surface area contributed by atoms with E-state index in [1.54, 1.807) is 0 Å². The molecule has 24 heavy (non-hydrogen) atoms. The van der Waals surface area contributed by atoms with Gasteiger partial charge in [-0.3, -0.25) is 4.57 Å². The molecule has 0 atom stereocenters. The van der Waals surface area contributed by atoms with Gasteiger partial charge in [-0.15, -0.1) is 0 Å². The van der Waals surface area contributed by atoms with Crippen molar-refractivity contribution in [1.29, 1.82) is 0 Å². The van der Waals surface area contributed by atoms with E-state index in [1.165, 1.54) is 0 Å². The molecule has 0 fully saturated rings. The second kappa shape index (κ2) is 10.9. The Bertz CT molecular complexity index is 581. The van der Waals surface area contributed by atoms with Crippen molar-refractivity contribution in [1.82, 2.24) is 0 Å². The molecular weight excluding hydrogens is 659 g/mol. The van der Waals surface area contributed by atoms with Crippen molar-refractivity contribution in [3.63, 3.8) is 0 Å². The van der Waals surface area contributed by atoms with Crippen molar-refractivity contribution >= 4 is 87.2 Å². The van der Waals surface area contributed by atoms with E-state index in [-0.39, 0.29) is 0 Å². The van der Waals surface area contributed by atoms with Crippen LogP contribution < -0.4 is 0 Å². The van der Waals surface area contributed by atoms with Crippen molar-refractivity contribution < 1.29 is 13.6 Å². The van der Waals surface area contributed by atoms with Crippen LogP contribution in [0.4, 0.5) is 0 Å². The van der Waals surface area contributed by atoms with Gasteiger partial charge in [0, 0.05) is 19.0 Å². The number of alkyl halides is 2. The van der Waals surface area contributed by atoms with E-state index in [0.29, 0.717) is 13.2 Å². The predicted molar refractivity (Wildman–Crippen MR) is 118 cm³/mol. The van der Waals surface area contributed by atoms with Gasteiger partial charge < -0.3 is 9.05 Å². The summed E-state index contributed by atoms with van der Waals surface area (Å²) in [5.41, 5.74) is 0.730. The molecule has 0 N–H and O–H groups in total. The minimum absolute atomic E-state index is 0.383. The Morgan fingerprint density at radius 3 is 1.92 bits per heavy atom. The molecule has 0 amide bonds. The summed E-state index contributed by atoms with van der Waals surface area (Å²) >= 11 is 17.7. The lowest BCUT2D eigenvalue weighted by atomic mass is 10.2. The Morgan fingerprint density at radius 2 is 1.46 bits per heavy atom. The van der Waals surface area contributed by atoms with Crippen LogP contribution in [0.2, 0.25) is 0 Å². The van der Waals surface area contributed by atoms with Crippen LogP contribution in [0.5, 0.6) is 0 Å². The fraction of sp³-hybridized carbons (Fsp3) is 0.600. The normalized spacial score (nSPS) is 12.6. The highest BCUT2D eigenvalue weighted by Gasteiger charge is 2.50. The van der Waals surface area contributed by atoms with Gasteiger partial charge in [-0.25, -0.2) is 0 Å². The highest BCUT2D eigenvalue weighted by Crippen LogP contribution is 2.72. The Balaban J connectivity index is 3.22. The van der Waals surface area contributed by atoms with Crippen LogP contribution in [0.15, 0.2) is 25.6 Å². The minimum Gasteiger partial charge on any atom is -0.307 e. The molecule has 9 heteroatoms. The second-order valence-corrected chi connectivity index (χ2v) is 14.4. The van der Waals surface area contributed by atoms with Gasteiger partial charge in [0.1, 0.15) is 0 Å². The first-order valence-corrected chi connectivity index (χ1v) is 13.1. The van der Waals surface area contributed by atoms with Gasteiger partial charge in [-0.2, -0.15) is 0 Å². The minimum atomic E-state index is -3.50. The maximum atomic E-state index is 13.5. The third kappa shape index (κ3) is 5.88. The van der Waals surface area contributed by atoms with Crippen LogP contribution >= 0.6 is 87.2 Å². The smallest absolute Gasteiger partial charge is 0.307 e. The molecule has 0 aromatic heterocycles. The average Bonchev–Trinajstić information content (AvgIpc) is 2.53. The molecule has 0 unspecified atom stereocenters. The van der Waals surface area contributed by atoms with E-state index in [1.807, 2.05) is 12.1 Å². The molecule has 1 aromatic rings. The average molecular weight is 679 g/mol. The third-order valence-electron chi connectivity index (χ3n) is 3.22. The molecule has 0 heterocycles. The zero-order valence-corrected chi connectivity index (χ0v) is 22.3. The first-order valence-electron chi connectivity index (χ1n) is 7.62. The van der Waals surface area contributed by atoms with E-state index in [0.717, 1.165) is 44.7 Å². The second-order valence-electron chi connectivity index (χ2n) is 5.14. The fourth-order valence-electron chi connectivity index (χ4n) is 1.76. The number of unbranched alkanes of at least 4 members (excludes halogenated alkanes) is 2. The maximum absolute atomic E-state index is 13.5. The van der Waals surface area contributed by atoms with Crippen molar-refractivity contribution in [2.45, 2.75) is 42.5 Å². The topological polar surface area (TPSA) is 35.5 Å². The zero-order valence-electron chi connectivity index (χ0n) is 13.5. The summed E-state index contributed by atoms with van der Waals surface area (Å²) in [6.45, 7) is 4.89. The summed E-state index contributed by atoms with van der Waals surface area (Å²) in [6.07, 6.45) is 3.56. The SMILES string of the molecule is CCCCOP(=O)(OCCCC)C(Br)(Br)c1ccc(Br)c(Br)c1Br. The zero-order chi connectivity index (χ0) is 18.4. The van der Waals surface area contributed by atoms with E-state index in [9.17, 15) is 4.57 Å². The van der Waals surface area contributed by atoms with Crippen LogP contribution in [0.25, 0.3) is 0 Å². The van der Waals surface area contributed by atoms with E-state index in [2.05, 4.69) is 93.5 Å². The Hall–Kier alpha value is 1.77. The summed E-state index contributed by atoms with van der Waals surface area (Å²) in [7, 11) is -3.50. The van der Waals surface area contributed by atoms with Gasteiger partial charge in [0.2, 0.25) is 2.97 Å². The van der Waals surface area contributed by atoms with Gasteiger partial charge >= 0.3 is 7.60 Å². The maximum Gasteiger partial charge on any atom is 0.362 e. The standard InChI is InChI=1S/C15H20Br5O3P/c1-3-5-9-22-24(21,23-10-6-4-2)15(19,20)11-7-8-12(16)14(18)13(11)17/h7-8H,3-6,9-10H2,1-2H3. The van der Waals surface area contributed by atoms with E-state index in [4.69, 9.17) is 9.05 Å². The van der Waals surface area contributed by atoms with Crippen LogP contribution in [0.1, 0.15) is 45.1 Å². The molecule has 0 radical (unpaired) electrons. The molecule has 0 aliphatic rings. The largest absolute Gasteiger partial charge is 0.362 e. The van der Waals surface area contributed by atoms with Crippen LogP contribution in [-0.2, 0) is 16.6 Å². The molecule has 3 nitrogen and oxygen atoms in total. The molecule has 0 saturated carbocycles. The quantitative estimate of drug-likeness (QED) is 0.108. The summed E-state index contributed by atoms with van der Waals surface area (Å²) in [6, 6.07) is 3.74. The predicted octanol–water partition coefficient (Wildman–Crippen LogP) is 8.70. The summed E-state index contributed by atoms with van der Waals surface area (Å²) in [4.78, 5) is 0. The van der Waals surface area contributed by atoms with Crippen LogP contribution in [0, 0.1) is 0 Å². The molecule has 0 aliphatic carbocycles. The summed E-state index contributed by atoms with van der Waals surface area (Å²) in [5.74, 6) is 0. The lowest BCUT2D eigenvalue weighted by Crippen LogP contribution is -2.16. The van der Waals surface area contributed by atoms with E-state index >= 15 is 0 Å². The lowest BCUT2D eigenvalue weighted by molar-refractivity contribution is 0.197. The van der Waals surface area contributed by atoms with E-state index < -0.39 is 10.6 Å². The molecule has 1 aromatic carbocycles. The number of benzene rings is 1. The first kappa shape index (κ1) is 23.8. The van der Waals surface area contributed by atoms with Crippen LogP contribution in [-0.4, -0.2) is 13.2 Å². The first-order chi connectivity index (χ1) is 11.2. The van der Waals surface area contributed by atoms with Crippen LogP contribution in [0.3, 0.4) is 0 Å². The van der Waals surface area contributed by atoms with Crippen molar-refractivity contribution in [3.05, 3.63) is 31.1 Å². The highest BCUT2D eigenvalue weighted by atomic mass is 79.9. The Morgan fingerprint density at radius 1 is 0.958 bits per heavy atom. The molecule has 0 spiro atoms. The van der Waals surface area contributed by atoms with Gasteiger partial charge in [0.05, 0.1) is 13.2 Å².